The fraction of sp³-hybridized carbons (Fsp3) is 0.412. The number of rotatable bonds is 4. The number of benzene rings is 1. The van der Waals surface area contributed by atoms with Gasteiger partial charge in [-0.15, -0.1) is 11.3 Å². The highest BCUT2D eigenvalue weighted by Gasteiger charge is 2.17. The van der Waals surface area contributed by atoms with Crippen molar-refractivity contribution in [2.24, 2.45) is 0 Å². The van der Waals surface area contributed by atoms with Crippen LogP contribution in [-0.4, -0.2) is 16.6 Å². The van der Waals surface area contributed by atoms with Crippen molar-refractivity contribution in [1.82, 2.24) is 4.98 Å². The third kappa shape index (κ3) is 4.58. The van der Waals surface area contributed by atoms with Gasteiger partial charge in [-0.3, -0.25) is 4.79 Å². The van der Waals surface area contributed by atoms with Gasteiger partial charge in [-0.2, -0.15) is 0 Å². The Balaban J connectivity index is 1.90. The van der Waals surface area contributed by atoms with Crippen molar-refractivity contribution in [3.8, 4) is 0 Å². The topological polar surface area (TPSA) is 42.0 Å². The monoisotopic (exact) mass is 334 g/mol. The summed E-state index contributed by atoms with van der Waals surface area (Å²) in [6, 6.07) is 5.96. The summed E-state index contributed by atoms with van der Waals surface area (Å²) in [4.78, 5) is 16.6. The molecule has 1 amide bonds. The zero-order chi connectivity index (χ0) is 16.3. The fourth-order valence-corrected chi connectivity index (χ4v) is 3.66. The standard InChI is InChI=1S/C17H22N2OS2/c1-11-6-7-13(8-12(11)2)18-15(20)10-22-16-19-14(9-21-16)17(3,4)5/h6-9H,10H2,1-5H3,(H,18,20). The molecule has 0 saturated carbocycles. The minimum atomic E-state index is 0.000705. The molecule has 0 aliphatic heterocycles. The quantitative estimate of drug-likeness (QED) is 0.818. The van der Waals surface area contributed by atoms with E-state index < -0.39 is 0 Å². The number of anilines is 1. The molecule has 2 rings (SSSR count). The summed E-state index contributed by atoms with van der Waals surface area (Å²) in [6.45, 7) is 10.5. The van der Waals surface area contributed by atoms with Crippen molar-refractivity contribution in [3.63, 3.8) is 0 Å². The zero-order valence-electron chi connectivity index (χ0n) is 13.7. The lowest BCUT2D eigenvalue weighted by molar-refractivity contribution is -0.113. The minimum absolute atomic E-state index is 0.000705. The largest absolute Gasteiger partial charge is 0.325 e. The van der Waals surface area contributed by atoms with Gasteiger partial charge in [0.2, 0.25) is 5.91 Å². The summed E-state index contributed by atoms with van der Waals surface area (Å²) in [5.74, 6) is 0.380. The maximum Gasteiger partial charge on any atom is 0.234 e. The van der Waals surface area contributed by atoms with Crippen LogP contribution in [0.25, 0.3) is 0 Å². The summed E-state index contributed by atoms with van der Waals surface area (Å²) in [6.07, 6.45) is 0. The molecule has 0 aliphatic rings. The van der Waals surface area contributed by atoms with Crippen LogP contribution in [0, 0.1) is 13.8 Å². The van der Waals surface area contributed by atoms with Crippen LogP contribution in [0.4, 0.5) is 5.69 Å². The fourth-order valence-electron chi connectivity index (χ4n) is 1.81. The molecule has 0 saturated heterocycles. The van der Waals surface area contributed by atoms with Gasteiger partial charge in [-0.25, -0.2) is 4.98 Å². The van der Waals surface area contributed by atoms with E-state index in [4.69, 9.17) is 0 Å². The average Bonchev–Trinajstić information content (AvgIpc) is 2.89. The molecule has 118 valence electrons. The molecule has 0 fully saturated rings. The molecular weight excluding hydrogens is 312 g/mol. The third-order valence-corrected chi connectivity index (χ3v) is 5.39. The van der Waals surface area contributed by atoms with Gasteiger partial charge < -0.3 is 5.32 Å². The van der Waals surface area contributed by atoms with Gasteiger partial charge in [0.05, 0.1) is 11.4 Å². The van der Waals surface area contributed by atoms with Crippen molar-refractivity contribution in [2.45, 2.75) is 44.4 Å². The number of aryl methyl sites for hydroxylation is 2. The summed E-state index contributed by atoms with van der Waals surface area (Å²) in [5, 5.41) is 5.01. The van der Waals surface area contributed by atoms with Crippen molar-refractivity contribution >= 4 is 34.7 Å². The van der Waals surface area contributed by atoms with Gasteiger partial charge in [0.25, 0.3) is 0 Å². The van der Waals surface area contributed by atoms with Gasteiger partial charge in [0.1, 0.15) is 0 Å². The van der Waals surface area contributed by atoms with Crippen molar-refractivity contribution in [1.29, 1.82) is 0 Å². The second-order valence-corrected chi connectivity index (χ2v) is 8.47. The number of aromatic nitrogens is 1. The summed E-state index contributed by atoms with van der Waals surface area (Å²) < 4.78 is 0.945. The first-order chi connectivity index (χ1) is 10.3. The predicted molar refractivity (Wildman–Crippen MR) is 96.1 cm³/mol. The molecule has 0 spiro atoms. The molecule has 3 nitrogen and oxygen atoms in total. The Morgan fingerprint density at radius 2 is 2.00 bits per heavy atom. The molecular formula is C17H22N2OS2. The first kappa shape index (κ1) is 17.0. The lowest BCUT2D eigenvalue weighted by Crippen LogP contribution is -2.14. The van der Waals surface area contributed by atoms with Crippen LogP contribution in [0.2, 0.25) is 0 Å². The van der Waals surface area contributed by atoms with Crippen molar-refractivity contribution < 1.29 is 4.79 Å². The van der Waals surface area contributed by atoms with Crippen LogP contribution in [-0.2, 0) is 10.2 Å². The molecule has 1 aromatic heterocycles. The van der Waals surface area contributed by atoms with Gasteiger partial charge >= 0.3 is 0 Å². The van der Waals surface area contributed by atoms with Gasteiger partial charge in [-0.1, -0.05) is 38.6 Å². The maximum absolute atomic E-state index is 12.0. The SMILES string of the molecule is Cc1ccc(NC(=O)CSc2nc(C(C)(C)C)cs2)cc1C. The third-order valence-electron chi connectivity index (χ3n) is 3.37. The Kier molecular flexibility index (Phi) is 5.29. The number of carbonyl (C=O) groups is 1. The number of thioether (sulfide) groups is 1. The molecule has 2 aromatic rings. The highest BCUT2D eigenvalue weighted by molar-refractivity contribution is 8.01. The molecule has 1 heterocycles. The molecule has 5 heteroatoms. The second kappa shape index (κ2) is 6.84. The molecule has 0 atom stereocenters. The molecule has 1 N–H and O–H groups in total. The Morgan fingerprint density at radius 1 is 1.27 bits per heavy atom. The van der Waals surface area contributed by atoms with E-state index in [9.17, 15) is 4.79 Å². The average molecular weight is 335 g/mol. The van der Waals surface area contributed by atoms with E-state index in [2.05, 4.69) is 43.4 Å². The molecule has 22 heavy (non-hydrogen) atoms. The summed E-state index contributed by atoms with van der Waals surface area (Å²) in [7, 11) is 0. The minimum Gasteiger partial charge on any atom is -0.325 e. The van der Waals surface area contributed by atoms with E-state index in [-0.39, 0.29) is 11.3 Å². The molecule has 0 unspecified atom stereocenters. The normalized spacial score (nSPS) is 11.5. The Hall–Kier alpha value is -1.33. The number of carbonyl (C=O) groups excluding carboxylic acids is 1. The van der Waals surface area contributed by atoms with E-state index in [0.29, 0.717) is 5.75 Å². The molecule has 0 aliphatic carbocycles. The molecule has 0 bridgehead atoms. The van der Waals surface area contributed by atoms with E-state index in [1.807, 2.05) is 25.1 Å². The van der Waals surface area contributed by atoms with E-state index in [1.54, 1.807) is 11.3 Å². The number of hydrogen-bond donors (Lipinski definition) is 1. The van der Waals surface area contributed by atoms with Gasteiger partial charge in [0.15, 0.2) is 4.34 Å². The van der Waals surface area contributed by atoms with Crippen LogP contribution >= 0.6 is 23.1 Å². The second-order valence-electron chi connectivity index (χ2n) is 6.38. The van der Waals surface area contributed by atoms with E-state index in [0.717, 1.165) is 15.7 Å². The van der Waals surface area contributed by atoms with Crippen molar-refractivity contribution in [2.75, 3.05) is 11.1 Å². The first-order valence-electron chi connectivity index (χ1n) is 7.21. The maximum atomic E-state index is 12.0. The Bertz CT molecular complexity index is 672. The number of nitrogens with zero attached hydrogens (tertiary/aromatic N) is 1. The van der Waals surface area contributed by atoms with E-state index >= 15 is 0 Å². The van der Waals surface area contributed by atoms with Gasteiger partial charge in [0, 0.05) is 16.5 Å². The lowest BCUT2D eigenvalue weighted by atomic mass is 9.93. The Morgan fingerprint density at radius 3 is 2.59 bits per heavy atom. The highest BCUT2D eigenvalue weighted by atomic mass is 32.2. The number of nitrogens with one attached hydrogen (secondary N) is 1. The summed E-state index contributed by atoms with van der Waals surface area (Å²) in [5.41, 5.74) is 4.39. The zero-order valence-corrected chi connectivity index (χ0v) is 15.3. The van der Waals surface area contributed by atoms with Crippen molar-refractivity contribution in [3.05, 3.63) is 40.4 Å². The van der Waals surface area contributed by atoms with E-state index in [1.165, 1.54) is 22.9 Å². The highest BCUT2D eigenvalue weighted by Crippen LogP contribution is 2.29. The Labute approximate surface area is 140 Å². The predicted octanol–water partition coefficient (Wildman–Crippen LogP) is 4.79. The lowest BCUT2D eigenvalue weighted by Gasteiger charge is -2.14. The van der Waals surface area contributed by atoms with Crippen LogP contribution in [0.15, 0.2) is 27.9 Å². The number of thiazole rings is 1. The van der Waals surface area contributed by atoms with Crippen LogP contribution in [0.1, 0.15) is 37.6 Å². The molecule has 0 radical (unpaired) electrons. The van der Waals surface area contributed by atoms with Gasteiger partial charge in [-0.05, 0) is 37.1 Å². The van der Waals surface area contributed by atoms with Crippen LogP contribution in [0.3, 0.4) is 0 Å². The molecule has 1 aromatic carbocycles. The van der Waals surface area contributed by atoms with Crippen LogP contribution < -0.4 is 5.32 Å². The number of hydrogen-bond acceptors (Lipinski definition) is 4. The number of amides is 1. The first-order valence-corrected chi connectivity index (χ1v) is 9.08. The smallest absolute Gasteiger partial charge is 0.234 e. The summed E-state index contributed by atoms with van der Waals surface area (Å²) >= 11 is 3.09. The van der Waals surface area contributed by atoms with Crippen LogP contribution in [0.5, 0.6) is 0 Å².